The van der Waals surface area contributed by atoms with Crippen LogP contribution in [0.3, 0.4) is 0 Å². The Morgan fingerprint density at radius 2 is 1.71 bits per heavy atom. The van der Waals surface area contributed by atoms with Crippen LogP contribution in [0.2, 0.25) is 0 Å². The summed E-state index contributed by atoms with van der Waals surface area (Å²) in [6.45, 7) is 3.70. The van der Waals surface area contributed by atoms with Gasteiger partial charge in [-0.1, -0.05) is 6.08 Å². The molecule has 0 radical (unpaired) electrons. The predicted octanol–water partition coefficient (Wildman–Crippen LogP) is 1.15. The summed E-state index contributed by atoms with van der Waals surface area (Å²) >= 11 is 0. The van der Waals surface area contributed by atoms with Crippen molar-refractivity contribution in [3.8, 4) is 0 Å². The molecule has 0 unspecified atom stereocenters. The van der Waals surface area contributed by atoms with E-state index in [0.29, 0.717) is 5.69 Å². The van der Waals surface area contributed by atoms with Crippen LogP contribution in [-0.2, 0) is 19.6 Å². The molecular formula is C14H16N2O4S. The van der Waals surface area contributed by atoms with Gasteiger partial charge in [0.2, 0.25) is 21.8 Å². The first-order chi connectivity index (χ1) is 9.87. The van der Waals surface area contributed by atoms with Gasteiger partial charge in [-0.25, -0.2) is 8.42 Å². The number of likely N-dealkylation sites (N-methyl/N-ethyl adjacent to an activating group) is 1. The van der Waals surface area contributed by atoms with Crippen molar-refractivity contribution in [1.29, 1.82) is 0 Å². The summed E-state index contributed by atoms with van der Waals surface area (Å²) in [5, 5.41) is 0. The van der Waals surface area contributed by atoms with E-state index in [0.717, 1.165) is 4.90 Å². The van der Waals surface area contributed by atoms with Crippen molar-refractivity contribution in [2.45, 2.75) is 17.7 Å². The van der Waals surface area contributed by atoms with Crippen molar-refractivity contribution >= 4 is 27.5 Å². The molecule has 0 saturated carbocycles. The molecule has 6 nitrogen and oxygen atoms in total. The van der Waals surface area contributed by atoms with E-state index >= 15 is 0 Å². The lowest BCUT2D eigenvalue weighted by molar-refractivity contribution is -0.121. The molecule has 0 bridgehead atoms. The van der Waals surface area contributed by atoms with Gasteiger partial charge < -0.3 is 0 Å². The summed E-state index contributed by atoms with van der Waals surface area (Å²) in [5.74, 6) is -0.529. The van der Waals surface area contributed by atoms with Gasteiger partial charge in [0.25, 0.3) is 0 Å². The zero-order valence-corrected chi connectivity index (χ0v) is 12.5. The topological polar surface area (TPSA) is 74.8 Å². The van der Waals surface area contributed by atoms with Gasteiger partial charge in [0.15, 0.2) is 0 Å². The zero-order valence-electron chi connectivity index (χ0n) is 11.7. The van der Waals surface area contributed by atoms with E-state index in [-0.39, 0.29) is 36.1 Å². The number of carbonyl (C=O) groups excluding carboxylic acids is 2. The highest BCUT2D eigenvalue weighted by atomic mass is 32.2. The Morgan fingerprint density at radius 1 is 1.19 bits per heavy atom. The summed E-state index contributed by atoms with van der Waals surface area (Å²) in [5.41, 5.74) is 0.396. The number of hydrogen-bond donors (Lipinski definition) is 0. The molecule has 1 heterocycles. The molecule has 0 aliphatic carbocycles. The van der Waals surface area contributed by atoms with Crippen molar-refractivity contribution in [1.82, 2.24) is 4.31 Å². The minimum Gasteiger partial charge on any atom is -0.274 e. The Bertz CT molecular complexity index is 663. The number of nitrogens with zero attached hydrogens (tertiary/aromatic N) is 2. The number of rotatable bonds is 5. The first kappa shape index (κ1) is 15.4. The molecule has 21 heavy (non-hydrogen) atoms. The maximum Gasteiger partial charge on any atom is 0.243 e. The number of amides is 2. The molecule has 0 spiro atoms. The van der Waals surface area contributed by atoms with E-state index in [2.05, 4.69) is 6.58 Å². The largest absolute Gasteiger partial charge is 0.274 e. The average Bonchev–Trinajstić information content (AvgIpc) is 2.78. The van der Waals surface area contributed by atoms with Gasteiger partial charge >= 0.3 is 0 Å². The molecule has 1 aliphatic rings. The molecule has 0 atom stereocenters. The lowest BCUT2D eigenvalue weighted by atomic mass is 10.3. The van der Waals surface area contributed by atoms with Crippen LogP contribution in [0.15, 0.2) is 41.8 Å². The number of carbonyl (C=O) groups is 2. The van der Waals surface area contributed by atoms with Gasteiger partial charge in [-0.3, -0.25) is 14.5 Å². The molecular weight excluding hydrogens is 292 g/mol. The Labute approximate surface area is 123 Å². The third kappa shape index (κ3) is 2.88. The third-order valence-corrected chi connectivity index (χ3v) is 5.08. The highest BCUT2D eigenvalue weighted by Crippen LogP contribution is 2.24. The monoisotopic (exact) mass is 308 g/mol. The average molecular weight is 308 g/mol. The van der Waals surface area contributed by atoms with Crippen LogP contribution in [0.4, 0.5) is 5.69 Å². The van der Waals surface area contributed by atoms with Crippen molar-refractivity contribution in [2.75, 3.05) is 18.5 Å². The van der Waals surface area contributed by atoms with Crippen molar-refractivity contribution in [3.05, 3.63) is 36.9 Å². The highest BCUT2D eigenvalue weighted by Gasteiger charge is 2.30. The number of hydrogen-bond acceptors (Lipinski definition) is 4. The van der Waals surface area contributed by atoms with E-state index in [9.17, 15) is 18.0 Å². The molecule has 1 aromatic rings. The summed E-state index contributed by atoms with van der Waals surface area (Å²) < 4.78 is 25.6. The summed E-state index contributed by atoms with van der Waals surface area (Å²) in [6.07, 6.45) is 1.88. The molecule has 0 aromatic heterocycles. The molecule has 112 valence electrons. The number of imide groups is 1. The number of benzene rings is 1. The van der Waals surface area contributed by atoms with Crippen LogP contribution >= 0.6 is 0 Å². The van der Waals surface area contributed by atoms with Crippen molar-refractivity contribution < 1.29 is 18.0 Å². The van der Waals surface area contributed by atoms with Gasteiger partial charge in [-0.15, -0.1) is 6.58 Å². The molecule has 1 saturated heterocycles. The number of sulfonamides is 1. The highest BCUT2D eigenvalue weighted by molar-refractivity contribution is 7.89. The van der Waals surface area contributed by atoms with Crippen LogP contribution in [-0.4, -0.2) is 38.1 Å². The fraction of sp³-hybridized carbons (Fsp3) is 0.286. The quantitative estimate of drug-likeness (QED) is 0.604. The second-order valence-corrected chi connectivity index (χ2v) is 6.74. The van der Waals surface area contributed by atoms with Gasteiger partial charge in [0.05, 0.1) is 10.6 Å². The van der Waals surface area contributed by atoms with Crippen molar-refractivity contribution in [2.24, 2.45) is 0 Å². The SMILES string of the molecule is C=CCN(C)S(=O)(=O)c1ccc(N2C(=O)CCC2=O)cc1. The predicted molar refractivity (Wildman–Crippen MR) is 78.2 cm³/mol. The molecule has 1 aromatic carbocycles. The van der Waals surface area contributed by atoms with E-state index in [1.54, 1.807) is 0 Å². The Morgan fingerprint density at radius 3 is 2.19 bits per heavy atom. The minimum atomic E-state index is -3.59. The zero-order chi connectivity index (χ0) is 15.6. The number of anilines is 1. The first-order valence-corrected chi connectivity index (χ1v) is 7.85. The van der Waals surface area contributed by atoms with E-state index < -0.39 is 10.0 Å². The summed E-state index contributed by atoms with van der Waals surface area (Å²) in [7, 11) is -2.14. The summed E-state index contributed by atoms with van der Waals surface area (Å²) in [6, 6.07) is 5.72. The van der Waals surface area contributed by atoms with Crippen LogP contribution in [0, 0.1) is 0 Å². The van der Waals surface area contributed by atoms with Crippen LogP contribution in [0.1, 0.15) is 12.8 Å². The van der Waals surface area contributed by atoms with E-state index in [1.807, 2.05) is 0 Å². The second-order valence-electron chi connectivity index (χ2n) is 4.69. The fourth-order valence-corrected chi connectivity index (χ4v) is 3.23. The second kappa shape index (κ2) is 5.79. The molecule has 7 heteroatoms. The van der Waals surface area contributed by atoms with Crippen LogP contribution < -0.4 is 4.90 Å². The van der Waals surface area contributed by atoms with E-state index in [1.165, 1.54) is 41.7 Å². The van der Waals surface area contributed by atoms with Gasteiger partial charge in [0.1, 0.15) is 0 Å². The molecule has 0 N–H and O–H groups in total. The Balaban J connectivity index is 2.29. The smallest absolute Gasteiger partial charge is 0.243 e. The normalized spacial score (nSPS) is 15.8. The first-order valence-electron chi connectivity index (χ1n) is 6.41. The standard InChI is InChI=1S/C14H16N2O4S/c1-3-10-15(2)21(19,20)12-6-4-11(5-7-12)16-13(17)8-9-14(16)18/h3-7H,1,8-10H2,2H3. The van der Waals surface area contributed by atoms with Crippen molar-refractivity contribution in [3.63, 3.8) is 0 Å². The third-order valence-electron chi connectivity index (χ3n) is 3.24. The van der Waals surface area contributed by atoms with Crippen LogP contribution in [0.25, 0.3) is 0 Å². The molecule has 1 aliphatic heterocycles. The lowest BCUT2D eigenvalue weighted by Gasteiger charge is -2.17. The summed E-state index contributed by atoms with van der Waals surface area (Å²) in [4.78, 5) is 24.4. The maximum atomic E-state index is 12.2. The lowest BCUT2D eigenvalue weighted by Crippen LogP contribution is -2.29. The minimum absolute atomic E-state index is 0.106. The van der Waals surface area contributed by atoms with Gasteiger partial charge in [0, 0.05) is 26.4 Å². The molecule has 2 amide bonds. The van der Waals surface area contributed by atoms with Crippen LogP contribution in [0.5, 0.6) is 0 Å². The Kier molecular flexibility index (Phi) is 4.24. The molecule has 2 rings (SSSR count). The van der Waals surface area contributed by atoms with Gasteiger partial charge in [-0.05, 0) is 24.3 Å². The fourth-order valence-electron chi connectivity index (χ4n) is 2.09. The molecule has 1 fully saturated rings. The van der Waals surface area contributed by atoms with Gasteiger partial charge in [-0.2, -0.15) is 4.31 Å². The maximum absolute atomic E-state index is 12.2. The van der Waals surface area contributed by atoms with E-state index in [4.69, 9.17) is 0 Å². The Hall–Kier alpha value is -1.99.